The molecule has 1 N–H and O–H groups in total. The van der Waals surface area contributed by atoms with Crippen LogP contribution in [0, 0.1) is 22.7 Å². The van der Waals surface area contributed by atoms with Crippen LogP contribution in [0.25, 0.3) is 10.8 Å². The van der Waals surface area contributed by atoms with E-state index in [4.69, 9.17) is 9.72 Å². The molecule has 0 aliphatic carbocycles. The van der Waals surface area contributed by atoms with Crippen molar-refractivity contribution >= 4 is 34.7 Å². The fourth-order valence-electron chi connectivity index (χ4n) is 6.39. The van der Waals surface area contributed by atoms with E-state index in [1.165, 1.54) is 22.9 Å². The van der Waals surface area contributed by atoms with E-state index >= 15 is 0 Å². The Kier molecular flexibility index (Phi) is 8.61. The van der Waals surface area contributed by atoms with E-state index in [1.807, 2.05) is 0 Å². The van der Waals surface area contributed by atoms with E-state index in [1.54, 1.807) is 0 Å². The topological polar surface area (TPSA) is 91.5 Å². The maximum atomic E-state index is 10.4. The summed E-state index contributed by atoms with van der Waals surface area (Å²) in [5.41, 5.74) is 3.91. The number of likely N-dealkylation sites (tertiary alicyclic amines) is 1. The van der Waals surface area contributed by atoms with Crippen molar-refractivity contribution in [1.29, 1.82) is 10.5 Å². The molecule has 3 aliphatic rings. The molecule has 1 aromatic heterocycles. The summed E-state index contributed by atoms with van der Waals surface area (Å²) in [5.74, 6) is 1.36. The summed E-state index contributed by atoms with van der Waals surface area (Å²) in [5, 5.41) is 25.6. The number of nitrogens with one attached hydrogen (secondary N) is 1. The summed E-state index contributed by atoms with van der Waals surface area (Å²) in [6.07, 6.45) is 3.52. The van der Waals surface area contributed by atoms with Crippen LogP contribution < -0.4 is 19.9 Å². The summed E-state index contributed by atoms with van der Waals surface area (Å²) < 4.78 is 6.38. The fourth-order valence-corrected chi connectivity index (χ4v) is 6.39. The molecule has 0 saturated carbocycles. The first kappa shape index (κ1) is 28.0. The molecule has 0 spiro atoms. The Morgan fingerprint density at radius 2 is 1.90 bits per heavy atom. The van der Waals surface area contributed by atoms with Gasteiger partial charge in [-0.3, -0.25) is 0 Å². The van der Waals surface area contributed by atoms with Gasteiger partial charge in [-0.15, -0.1) is 12.4 Å². The average molecular weight is 558 g/mol. The van der Waals surface area contributed by atoms with Gasteiger partial charge >= 0.3 is 0 Å². The van der Waals surface area contributed by atoms with Crippen molar-refractivity contribution < 1.29 is 4.74 Å². The van der Waals surface area contributed by atoms with Crippen LogP contribution in [0.4, 0.5) is 11.5 Å². The zero-order valence-electron chi connectivity index (χ0n) is 23.0. The van der Waals surface area contributed by atoms with Crippen LogP contribution in [0.3, 0.4) is 0 Å². The minimum Gasteiger partial charge on any atom is -0.475 e. The Bertz CT molecular complexity index is 1440. The van der Waals surface area contributed by atoms with Gasteiger partial charge in [0.1, 0.15) is 24.1 Å². The summed E-state index contributed by atoms with van der Waals surface area (Å²) in [6, 6.07) is 20.1. The number of benzene rings is 2. The molecule has 2 unspecified atom stereocenters. The second-order valence-corrected chi connectivity index (χ2v) is 10.9. The smallest absolute Gasteiger partial charge is 0.234 e. The number of likely N-dealkylation sites (N-methyl/N-ethyl adjacent to an activating group) is 1. The van der Waals surface area contributed by atoms with Crippen molar-refractivity contribution in [3.8, 4) is 18.0 Å². The molecule has 0 radical (unpaired) electrons. The molecule has 9 heteroatoms. The van der Waals surface area contributed by atoms with Gasteiger partial charge in [-0.05, 0) is 44.3 Å². The lowest BCUT2D eigenvalue weighted by molar-refractivity contribution is 0.192. The van der Waals surface area contributed by atoms with Gasteiger partial charge in [-0.2, -0.15) is 15.5 Å². The van der Waals surface area contributed by atoms with Gasteiger partial charge < -0.3 is 24.8 Å². The number of halogens is 1. The van der Waals surface area contributed by atoms with Gasteiger partial charge in [0.15, 0.2) is 0 Å². The quantitative estimate of drug-likeness (QED) is 0.481. The molecule has 40 heavy (non-hydrogen) atoms. The number of hydrogen-bond donors (Lipinski definition) is 1. The number of nitrogens with zero attached hydrogens (tertiary/aromatic N) is 6. The van der Waals surface area contributed by atoms with Gasteiger partial charge in [0.2, 0.25) is 5.88 Å². The van der Waals surface area contributed by atoms with Crippen molar-refractivity contribution in [3.63, 3.8) is 0 Å². The predicted octanol–water partition coefficient (Wildman–Crippen LogP) is 4.26. The van der Waals surface area contributed by atoms with Crippen molar-refractivity contribution in [2.24, 2.45) is 0 Å². The number of anilines is 2. The Hall–Kier alpha value is -3.56. The second kappa shape index (κ2) is 12.3. The predicted molar refractivity (Wildman–Crippen MR) is 160 cm³/mol. The van der Waals surface area contributed by atoms with Crippen LogP contribution in [0.1, 0.15) is 36.0 Å². The third-order valence-corrected chi connectivity index (χ3v) is 8.53. The summed E-state index contributed by atoms with van der Waals surface area (Å²) in [7, 11) is 2.13. The van der Waals surface area contributed by atoms with Gasteiger partial charge in [-0.25, -0.2) is 0 Å². The van der Waals surface area contributed by atoms with E-state index in [0.717, 1.165) is 62.5 Å². The third-order valence-electron chi connectivity index (χ3n) is 8.53. The number of ether oxygens (including phenoxy) is 1. The Labute approximate surface area is 242 Å². The number of rotatable bonds is 6. The number of nitriles is 2. The lowest BCUT2D eigenvalue weighted by atomic mass is 9.94. The number of aromatic nitrogens is 1. The molecule has 0 amide bonds. The number of hydrogen-bond acceptors (Lipinski definition) is 8. The first-order chi connectivity index (χ1) is 19.2. The molecule has 2 aromatic carbocycles. The van der Waals surface area contributed by atoms with Crippen molar-refractivity contribution in [2.45, 2.75) is 44.3 Å². The zero-order valence-corrected chi connectivity index (χ0v) is 23.8. The maximum absolute atomic E-state index is 10.4. The Balaban J connectivity index is 0.00000323. The number of pyridine rings is 1. The number of piperazine rings is 1. The van der Waals surface area contributed by atoms with Crippen LogP contribution in [-0.4, -0.2) is 68.3 Å². The minimum atomic E-state index is 0. The summed E-state index contributed by atoms with van der Waals surface area (Å²) in [4.78, 5) is 12.1. The average Bonchev–Trinajstić information content (AvgIpc) is 3.39. The van der Waals surface area contributed by atoms with E-state index < -0.39 is 0 Å². The minimum absolute atomic E-state index is 0. The lowest BCUT2D eigenvalue weighted by Crippen LogP contribution is -2.51. The normalized spacial score (nSPS) is 20.9. The largest absolute Gasteiger partial charge is 0.475 e. The first-order valence-corrected chi connectivity index (χ1v) is 14.0. The monoisotopic (exact) mass is 557 g/mol. The molecule has 3 aliphatic heterocycles. The van der Waals surface area contributed by atoms with Crippen LogP contribution in [-0.2, 0) is 13.0 Å². The van der Waals surface area contributed by atoms with Crippen LogP contribution >= 0.6 is 12.4 Å². The van der Waals surface area contributed by atoms with Crippen LogP contribution in [0.2, 0.25) is 0 Å². The molecule has 208 valence electrons. The Morgan fingerprint density at radius 3 is 2.70 bits per heavy atom. The van der Waals surface area contributed by atoms with Gasteiger partial charge in [0, 0.05) is 67.0 Å². The molecule has 6 rings (SSSR count). The molecule has 2 fully saturated rings. The third kappa shape index (κ3) is 5.40. The highest BCUT2D eigenvalue weighted by atomic mass is 35.5. The summed E-state index contributed by atoms with van der Waals surface area (Å²) >= 11 is 0. The van der Waals surface area contributed by atoms with E-state index in [0.29, 0.717) is 37.1 Å². The van der Waals surface area contributed by atoms with E-state index in [2.05, 4.69) is 81.7 Å². The van der Waals surface area contributed by atoms with Crippen LogP contribution in [0.15, 0.2) is 42.5 Å². The lowest BCUT2D eigenvalue weighted by Gasteiger charge is -2.38. The van der Waals surface area contributed by atoms with Crippen molar-refractivity contribution in [1.82, 2.24) is 15.2 Å². The van der Waals surface area contributed by atoms with E-state index in [9.17, 15) is 10.5 Å². The molecule has 3 aromatic rings. The zero-order chi connectivity index (χ0) is 26.8. The van der Waals surface area contributed by atoms with Crippen molar-refractivity contribution in [3.05, 3.63) is 59.2 Å². The molecule has 2 saturated heterocycles. The first-order valence-electron chi connectivity index (χ1n) is 14.0. The van der Waals surface area contributed by atoms with Crippen LogP contribution in [0.5, 0.6) is 5.88 Å². The highest BCUT2D eigenvalue weighted by Gasteiger charge is 2.32. The highest BCUT2D eigenvalue weighted by Crippen LogP contribution is 2.38. The van der Waals surface area contributed by atoms with Gasteiger partial charge in [0.25, 0.3) is 0 Å². The molecular weight excluding hydrogens is 522 g/mol. The maximum Gasteiger partial charge on any atom is 0.234 e. The standard InChI is InChI=1S/C31H35N7O.ClH/c1-36-15-5-8-24(36)21-39-31-27(18-33)28-20-37(29-10-4-7-22-6-2-3-9-25(22)29)16-12-26(28)30(35-31)38-17-14-34-23(19-38)11-13-32;/h2-4,6-7,9-10,23-24,34H,5,8,11-12,14-17,19-21H2,1H3;1H. The van der Waals surface area contributed by atoms with Crippen molar-refractivity contribution in [2.75, 3.05) is 56.2 Å². The molecule has 0 bridgehead atoms. The SMILES string of the molecule is CN1CCCC1COc1nc(N2CCNC(CC#N)C2)c2c(c1C#N)CN(c1cccc3ccccc13)CC2.Cl. The second-order valence-electron chi connectivity index (χ2n) is 10.9. The molecular formula is C31H36ClN7O. The summed E-state index contributed by atoms with van der Waals surface area (Å²) in [6.45, 7) is 5.41. The van der Waals surface area contributed by atoms with Gasteiger partial charge in [0.05, 0.1) is 12.5 Å². The molecule has 4 heterocycles. The Morgan fingerprint density at radius 1 is 1.05 bits per heavy atom. The number of fused-ring (bicyclic) bond motifs is 2. The molecule has 2 atom stereocenters. The molecule has 8 nitrogen and oxygen atoms in total. The fraction of sp³-hybridized carbons (Fsp3) is 0.452. The van der Waals surface area contributed by atoms with Gasteiger partial charge in [-0.1, -0.05) is 36.4 Å². The van der Waals surface area contributed by atoms with E-state index in [-0.39, 0.29) is 18.4 Å². The highest BCUT2D eigenvalue weighted by molar-refractivity contribution is 5.94.